The molecule has 33 heavy (non-hydrogen) atoms. The number of nitrogens with zero attached hydrogens (tertiary/aromatic N) is 1. The van der Waals surface area contributed by atoms with Gasteiger partial charge in [0.2, 0.25) is 0 Å². The molecule has 2 fully saturated rings. The fourth-order valence-electron chi connectivity index (χ4n) is 4.32. The van der Waals surface area contributed by atoms with Crippen LogP contribution < -0.4 is 9.47 Å². The molecule has 1 N–H and O–H groups in total. The Hall–Kier alpha value is -3.03. The number of likely N-dealkylation sites (tertiary alicyclic amines) is 1. The van der Waals surface area contributed by atoms with E-state index in [1.807, 2.05) is 13.0 Å². The third kappa shape index (κ3) is 4.56. The van der Waals surface area contributed by atoms with E-state index in [4.69, 9.17) is 25.8 Å². The number of Topliss-reactive ketones (excluding diaryl/α,β-unsaturated/α-hetero) is 1. The van der Waals surface area contributed by atoms with E-state index in [2.05, 4.69) is 0 Å². The standard InChI is InChI=1S/C25H26ClNO6/c1-3-32-17-7-4-6-15(12-17)22-21(23(28)19-13-16(31-2)9-10-20(19)26)24(29)25(30)27(22)14-18-8-5-11-33-18/h4,6-7,9-10,12-13,18,22,28H,3,5,8,11,14H2,1-2H3/b23-21+. The molecule has 2 unspecified atom stereocenters. The van der Waals surface area contributed by atoms with Gasteiger partial charge in [0.05, 0.1) is 36.5 Å². The highest BCUT2D eigenvalue weighted by molar-refractivity contribution is 6.47. The molecule has 2 aromatic rings. The highest BCUT2D eigenvalue weighted by Crippen LogP contribution is 2.42. The lowest BCUT2D eigenvalue weighted by Gasteiger charge is -2.27. The quantitative estimate of drug-likeness (QED) is 0.367. The topological polar surface area (TPSA) is 85.3 Å². The molecular formula is C25H26ClNO6. The van der Waals surface area contributed by atoms with Crippen molar-refractivity contribution in [2.45, 2.75) is 31.9 Å². The van der Waals surface area contributed by atoms with Crippen molar-refractivity contribution in [3.05, 3.63) is 64.2 Å². The molecule has 0 spiro atoms. The van der Waals surface area contributed by atoms with Gasteiger partial charge in [-0.25, -0.2) is 0 Å². The highest BCUT2D eigenvalue weighted by Gasteiger charge is 2.47. The van der Waals surface area contributed by atoms with Gasteiger partial charge in [-0.2, -0.15) is 0 Å². The number of aliphatic hydroxyl groups excluding tert-OH is 1. The molecule has 2 saturated heterocycles. The van der Waals surface area contributed by atoms with Gasteiger partial charge < -0.3 is 24.2 Å². The van der Waals surface area contributed by atoms with Gasteiger partial charge in [0, 0.05) is 18.7 Å². The summed E-state index contributed by atoms with van der Waals surface area (Å²) >= 11 is 6.35. The Morgan fingerprint density at radius 2 is 2.03 bits per heavy atom. The predicted octanol–water partition coefficient (Wildman–Crippen LogP) is 4.35. The number of benzene rings is 2. The molecule has 2 aromatic carbocycles. The number of carbonyl (C=O) groups excluding carboxylic acids is 2. The number of aliphatic hydroxyl groups is 1. The number of rotatable bonds is 7. The molecule has 7 nitrogen and oxygen atoms in total. The van der Waals surface area contributed by atoms with Crippen LogP contribution in [0.5, 0.6) is 11.5 Å². The number of ketones is 1. The van der Waals surface area contributed by atoms with Gasteiger partial charge >= 0.3 is 0 Å². The van der Waals surface area contributed by atoms with E-state index in [1.165, 1.54) is 12.0 Å². The Morgan fingerprint density at radius 3 is 2.73 bits per heavy atom. The molecule has 0 aliphatic carbocycles. The van der Waals surface area contributed by atoms with Crippen LogP contribution in [0, 0.1) is 0 Å². The molecule has 2 heterocycles. The van der Waals surface area contributed by atoms with Crippen molar-refractivity contribution in [1.29, 1.82) is 0 Å². The molecule has 0 radical (unpaired) electrons. The zero-order valence-electron chi connectivity index (χ0n) is 18.5. The molecule has 4 rings (SSSR count). The van der Waals surface area contributed by atoms with E-state index >= 15 is 0 Å². The van der Waals surface area contributed by atoms with Crippen molar-refractivity contribution in [3.8, 4) is 11.5 Å². The summed E-state index contributed by atoms with van der Waals surface area (Å²) in [5, 5.41) is 11.5. The second-order valence-corrected chi connectivity index (χ2v) is 8.34. The first-order valence-corrected chi connectivity index (χ1v) is 11.3. The zero-order chi connectivity index (χ0) is 23.5. The summed E-state index contributed by atoms with van der Waals surface area (Å²) in [5.74, 6) is -0.727. The van der Waals surface area contributed by atoms with Gasteiger partial charge in [-0.1, -0.05) is 23.7 Å². The Balaban J connectivity index is 1.86. The SMILES string of the molecule is CCOc1cccc(C2/C(=C(\O)c3cc(OC)ccc3Cl)C(=O)C(=O)N2CC2CCCO2)c1. The molecule has 2 aliphatic heterocycles. The summed E-state index contributed by atoms with van der Waals surface area (Å²) < 4.78 is 16.6. The minimum absolute atomic E-state index is 0.0261. The van der Waals surface area contributed by atoms with Crippen LogP contribution in [0.1, 0.15) is 36.9 Å². The Morgan fingerprint density at radius 1 is 1.21 bits per heavy atom. The lowest BCUT2D eigenvalue weighted by molar-refractivity contribution is -0.140. The van der Waals surface area contributed by atoms with Gasteiger partial charge in [-0.3, -0.25) is 9.59 Å². The van der Waals surface area contributed by atoms with Crippen LogP contribution in [0.2, 0.25) is 5.02 Å². The zero-order valence-corrected chi connectivity index (χ0v) is 19.3. The number of halogens is 1. The van der Waals surface area contributed by atoms with E-state index in [0.717, 1.165) is 12.8 Å². The van der Waals surface area contributed by atoms with Crippen LogP contribution in [-0.4, -0.2) is 54.7 Å². The maximum Gasteiger partial charge on any atom is 0.295 e. The number of ether oxygens (including phenoxy) is 3. The number of methoxy groups -OCH3 is 1. The van der Waals surface area contributed by atoms with E-state index < -0.39 is 17.7 Å². The average Bonchev–Trinajstić information content (AvgIpc) is 3.42. The van der Waals surface area contributed by atoms with Crippen LogP contribution in [-0.2, 0) is 14.3 Å². The van der Waals surface area contributed by atoms with Gasteiger partial charge in [0.15, 0.2) is 0 Å². The molecule has 0 bridgehead atoms. The first-order chi connectivity index (χ1) is 15.9. The minimum atomic E-state index is -0.808. The number of hydrogen-bond donors (Lipinski definition) is 1. The summed E-state index contributed by atoms with van der Waals surface area (Å²) in [5.41, 5.74) is 0.845. The third-order valence-corrected chi connectivity index (χ3v) is 6.21. The van der Waals surface area contributed by atoms with E-state index in [-0.39, 0.29) is 34.6 Å². The van der Waals surface area contributed by atoms with Crippen molar-refractivity contribution in [2.24, 2.45) is 0 Å². The number of carbonyl (C=O) groups is 2. The second kappa shape index (κ2) is 9.85. The minimum Gasteiger partial charge on any atom is -0.507 e. The van der Waals surface area contributed by atoms with Crippen LogP contribution in [0.25, 0.3) is 5.76 Å². The largest absolute Gasteiger partial charge is 0.507 e. The Kier molecular flexibility index (Phi) is 6.91. The average molecular weight is 472 g/mol. The first kappa shape index (κ1) is 23.1. The number of hydrogen-bond acceptors (Lipinski definition) is 6. The summed E-state index contributed by atoms with van der Waals surface area (Å²) in [4.78, 5) is 27.8. The number of amides is 1. The van der Waals surface area contributed by atoms with Crippen LogP contribution in [0.3, 0.4) is 0 Å². The molecule has 2 aliphatic rings. The van der Waals surface area contributed by atoms with E-state index in [1.54, 1.807) is 36.4 Å². The van der Waals surface area contributed by atoms with Gasteiger partial charge in [-0.05, 0) is 55.7 Å². The monoisotopic (exact) mass is 471 g/mol. The predicted molar refractivity (Wildman–Crippen MR) is 124 cm³/mol. The fraction of sp³-hybridized carbons (Fsp3) is 0.360. The molecule has 0 aromatic heterocycles. The van der Waals surface area contributed by atoms with Crippen molar-refractivity contribution >= 4 is 29.1 Å². The summed E-state index contributed by atoms with van der Waals surface area (Å²) in [6, 6.07) is 11.1. The lowest BCUT2D eigenvalue weighted by atomic mass is 9.95. The Bertz CT molecular complexity index is 1090. The van der Waals surface area contributed by atoms with E-state index in [0.29, 0.717) is 30.3 Å². The molecule has 0 saturated carbocycles. The molecule has 1 amide bonds. The molecule has 2 atom stereocenters. The van der Waals surface area contributed by atoms with Gasteiger partial charge in [-0.15, -0.1) is 0 Å². The smallest absolute Gasteiger partial charge is 0.295 e. The second-order valence-electron chi connectivity index (χ2n) is 7.94. The first-order valence-electron chi connectivity index (χ1n) is 10.9. The van der Waals surface area contributed by atoms with Crippen molar-refractivity contribution in [1.82, 2.24) is 4.90 Å². The maximum absolute atomic E-state index is 13.2. The maximum atomic E-state index is 13.2. The van der Waals surface area contributed by atoms with Crippen LogP contribution in [0.15, 0.2) is 48.0 Å². The van der Waals surface area contributed by atoms with Gasteiger partial charge in [0.1, 0.15) is 17.3 Å². The van der Waals surface area contributed by atoms with Gasteiger partial charge in [0.25, 0.3) is 11.7 Å². The van der Waals surface area contributed by atoms with Crippen LogP contribution in [0.4, 0.5) is 0 Å². The lowest BCUT2D eigenvalue weighted by Crippen LogP contribution is -2.36. The molecular weight excluding hydrogens is 446 g/mol. The summed E-state index contributed by atoms with van der Waals surface area (Å²) in [7, 11) is 1.49. The highest BCUT2D eigenvalue weighted by atomic mass is 35.5. The van der Waals surface area contributed by atoms with Crippen molar-refractivity contribution < 1.29 is 28.9 Å². The summed E-state index contributed by atoms with van der Waals surface area (Å²) in [6.07, 6.45) is 1.54. The van der Waals surface area contributed by atoms with E-state index in [9.17, 15) is 14.7 Å². The van der Waals surface area contributed by atoms with Crippen molar-refractivity contribution in [2.75, 3.05) is 26.9 Å². The molecule has 174 valence electrons. The fourth-order valence-corrected chi connectivity index (χ4v) is 4.53. The third-order valence-electron chi connectivity index (χ3n) is 5.88. The Labute approximate surface area is 197 Å². The summed E-state index contributed by atoms with van der Waals surface area (Å²) in [6.45, 7) is 3.22. The normalized spacial score (nSPS) is 22.1. The van der Waals surface area contributed by atoms with Crippen molar-refractivity contribution in [3.63, 3.8) is 0 Å². The molecule has 8 heteroatoms. The van der Waals surface area contributed by atoms with Crippen LogP contribution >= 0.6 is 11.6 Å².